The lowest BCUT2D eigenvalue weighted by Gasteiger charge is -2.43. The van der Waals surface area contributed by atoms with E-state index < -0.39 is 30.3 Å². The molecule has 0 saturated carbocycles. The van der Waals surface area contributed by atoms with Crippen LogP contribution >= 0.6 is 0 Å². The third-order valence-corrected chi connectivity index (χ3v) is 3.55. The molecule has 4 atom stereocenters. The molecule has 0 aromatic carbocycles. The first-order chi connectivity index (χ1) is 8.97. The van der Waals surface area contributed by atoms with Gasteiger partial charge in [-0.25, -0.2) is 0 Å². The van der Waals surface area contributed by atoms with Gasteiger partial charge in [0.25, 0.3) is 0 Å². The van der Waals surface area contributed by atoms with E-state index in [9.17, 15) is 25.2 Å². The molecule has 7 heteroatoms. The molecule has 1 heterocycles. The molecule has 1 saturated heterocycles. The lowest BCUT2D eigenvalue weighted by atomic mass is 9.94. The van der Waals surface area contributed by atoms with Crippen molar-refractivity contribution in [2.45, 2.75) is 50.0 Å². The maximum Gasteiger partial charge on any atom is 0.303 e. The van der Waals surface area contributed by atoms with Crippen LogP contribution in [0.2, 0.25) is 0 Å². The zero-order valence-corrected chi connectivity index (χ0v) is 10.9. The van der Waals surface area contributed by atoms with Crippen LogP contribution in [0.4, 0.5) is 0 Å². The molecule has 1 rings (SSSR count). The fourth-order valence-corrected chi connectivity index (χ4v) is 2.40. The minimum atomic E-state index is -1.24. The topological polar surface area (TPSA) is 121 Å². The number of hydrogen-bond donors (Lipinski definition) is 5. The van der Waals surface area contributed by atoms with Crippen LogP contribution in [0.15, 0.2) is 0 Å². The van der Waals surface area contributed by atoms with Gasteiger partial charge in [-0.05, 0) is 19.4 Å². The zero-order chi connectivity index (χ0) is 14.4. The first-order valence-electron chi connectivity index (χ1n) is 6.58. The highest BCUT2D eigenvalue weighted by atomic mass is 16.4. The molecule has 112 valence electrons. The van der Waals surface area contributed by atoms with Crippen LogP contribution in [0.1, 0.15) is 25.7 Å². The van der Waals surface area contributed by atoms with Crippen molar-refractivity contribution in [3.05, 3.63) is 0 Å². The summed E-state index contributed by atoms with van der Waals surface area (Å²) >= 11 is 0. The van der Waals surface area contributed by atoms with Crippen molar-refractivity contribution >= 4 is 5.97 Å². The van der Waals surface area contributed by atoms with Crippen molar-refractivity contribution < 1.29 is 30.3 Å². The third-order valence-electron chi connectivity index (χ3n) is 3.55. The predicted molar refractivity (Wildman–Crippen MR) is 66.6 cm³/mol. The molecule has 1 fully saturated rings. The second-order valence-electron chi connectivity index (χ2n) is 5.00. The number of carboxylic acid groups (broad SMARTS) is 1. The molecular formula is C12H23NO6. The summed E-state index contributed by atoms with van der Waals surface area (Å²) in [4.78, 5) is 12.1. The molecule has 0 aromatic rings. The summed E-state index contributed by atoms with van der Waals surface area (Å²) in [5, 5.41) is 46.6. The number of likely N-dealkylation sites (tertiary alicyclic amines) is 1. The summed E-state index contributed by atoms with van der Waals surface area (Å²) in [7, 11) is 0. The van der Waals surface area contributed by atoms with E-state index in [0.717, 1.165) is 12.8 Å². The Morgan fingerprint density at radius 1 is 1.11 bits per heavy atom. The second-order valence-corrected chi connectivity index (χ2v) is 5.00. The standard InChI is InChI=1S/C12H23NO6/c14-7-8-11(18)12(19)9(15)6-13(8)5-3-1-2-4-10(16)17/h8-9,11-12,14-15,18-19H,1-7H2,(H,16,17)/t8-,9+,11+,12+/m1/s1. The van der Waals surface area contributed by atoms with Crippen LogP contribution in [0.5, 0.6) is 0 Å². The number of nitrogens with zero attached hydrogens (tertiary/aromatic N) is 1. The van der Waals surface area contributed by atoms with Crippen molar-refractivity contribution in [2.75, 3.05) is 19.7 Å². The van der Waals surface area contributed by atoms with Crippen molar-refractivity contribution in [3.63, 3.8) is 0 Å². The van der Waals surface area contributed by atoms with E-state index >= 15 is 0 Å². The Morgan fingerprint density at radius 3 is 2.37 bits per heavy atom. The molecule has 0 aliphatic carbocycles. The lowest BCUT2D eigenvalue weighted by molar-refractivity contribution is -0.145. The normalized spacial score (nSPS) is 32.4. The van der Waals surface area contributed by atoms with Gasteiger partial charge in [0.2, 0.25) is 0 Å². The van der Waals surface area contributed by atoms with Crippen molar-refractivity contribution in [2.24, 2.45) is 0 Å². The number of hydrogen-bond acceptors (Lipinski definition) is 6. The van der Waals surface area contributed by atoms with E-state index in [1.807, 2.05) is 0 Å². The Morgan fingerprint density at radius 2 is 1.79 bits per heavy atom. The SMILES string of the molecule is O=C(O)CCCCCN1C[C@H](O)[C@H](O)[C@@H](O)[C@H]1CO. The summed E-state index contributed by atoms with van der Waals surface area (Å²) in [5.74, 6) is -0.819. The van der Waals surface area contributed by atoms with Crippen LogP contribution in [-0.4, -0.2) is 80.5 Å². The van der Waals surface area contributed by atoms with Gasteiger partial charge in [-0.3, -0.25) is 9.69 Å². The number of rotatable bonds is 7. The largest absolute Gasteiger partial charge is 0.481 e. The van der Waals surface area contributed by atoms with Gasteiger partial charge in [0, 0.05) is 13.0 Å². The lowest BCUT2D eigenvalue weighted by Crippen LogP contribution is -2.62. The summed E-state index contributed by atoms with van der Waals surface area (Å²) in [6.45, 7) is 0.453. The zero-order valence-electron chi connectivity index (χ0n) is 10.9. The van der Waals surface area contributed by atoms with Crippen LogP contribution in [0.3, 0.4) is 0 Å². The van der Waals surface area contributed by atoms with Gasteiger partial charge in [-0.2, -0.15) is 0 Å². The molecule has 0 unspecified atom stereocenters. The number of piperidine rings is 1. The third kappa shape index (κ3) is 4.70. The number of carboxylic acids is 1. The highest BCUT2D eigenvalue weighted by molar-refractivity contribution is 5.66. The van der Waals surface area contributed by atoms with Crippen LogP contribution < -0.4 is 0 Å². The molecule has 7 nitrogen and oxygen atoms in total. The molecule has 0 radical (unpaired) electrons. The summed E-state index contributed by atoms with van der Waals surface area (Å²) < 4.78 is 0. The number of aliphatic carboxylic acids is 1. The molecule has 19 heavy (non-hydrogen) atoms. The van der Waals surface area contributed by atoms with Crippen LogP contribution in [0, 0.1) is 0 Å². The van der Waals surface area contributed by atoms with E-state index in [-0.39, 0.29) is 19.6 Å². The highest BCUT2D eigenvalue weighted by Gasteiger charge is 2.40. The molecule has 1 aliphatic rings. The maximum absolute atomic E-state index is 10.3. The highest BCUT2D eigenvalue weighted by Crippen LogP contribution is 2.19. The number of aliphatic hydroxyl groups excluding tert-OH is 4. The van der Waals surface area contributed by atoms with Gasteiger partial charge in [0.1, 0.15) is 12.2 Å². The van der Waals surface area contributed by atoms with E-state index in [2.05, 4.69) is 0 Å². The Bertz CT molecular complexity index is 287. The average Bonchev–Trinajstić information content (AvgIpc) is 2.35. The Balaban J connectivity index is 2.36. The molecule has 0 bridgehead atoms. The van der Waals surface area contributed by atoms with Crippen LogP contribution in [0.25, 0.3) is 0 Å². The van der Waals surface area contributed by atoms with Gasteiger partial charge in [0.05, 0.1) is 18.8 Å². The smallest absolute Gasteiger partial charge is 0.303 e. The minimum absolute atomic E-state index is 0.132. The quantitative estimate of drug-likeness (QED) is 0.355. The first-order valence-corrected chi connectivity index (χ1v) is 6.58. The monoisotopic (exact) mass is 277 g/mol. The second kappa shape index (κ2) is 7.76. The Labute approximate surface area is 112 Å². The molecule has 0 spiro atoms. The van der Waals surface area contributed by atoms with E-state index in [1.54, 1.807) is 4.90 Å². The van der Waals surface area contributed by atoms with Crippen molar-refractivity contribution in [1.29, 1.82) is 0 Å². The van der Waals surface area contributed by atoms with Gasteiger partial charge < -0.3 is 25.5 Å². The molecular weight excluding hydrogens is 254 g/mol. The Hall–Kier alpha value is -0.730. The van der Waals surface area contributed by atoms with Gasteiger partial charge in [0.15, 0.2) is 0 Å². The Kier molecular flexibility index (Phi) is 6.67. The number of β-amino-alcohol motifs (C(OH)–C–C–N with tert-alkyl or cyclic N) is 1. The summed E-state index contributed by atoms with van der Waals surface area (Å²) in [5.41, 5.74) is 0. The van der Waals surface area contributed by atoms with Crippen LogP contribution in [-0.2, 0) is 4.79 Å². The minimum Gasteiger partial charge on any atom is -0.481 e. The predicted octanol–water partition coefficient (Wildman–Crippen LogP) is -1.61. The first kappa shape index (κ1) is 16.3. The van der Waals surface area contributed by atoms with Crippen molar-refractivity contribution in [1.82, 2.24) is 4.90 Å². The average molecular weight is 277 g/mol. The molecule has 0 aromatic heterocycles. The van der Waals surface area contributed by atoms with Gasteiger partial charge in [-0.15, -0.1) is 0 Å². The van der Waals surface area contributed by atoms with E-state index in [0.29, 0.717) is 13.0 Å². The number of unbranched alkanes of at least 4 members (excludes halogenated alkanes) is 2. The maximum atomic E-state index is 10.3. The van der Waals surface area contributed by atoms with E-state index in [1.165, 1.54) is 0 Å². The number of aliphatic hydroxyl groups is 4. The molecule has 1 aliphatic heterocycles. The van der Waals surface area contributed by atoms with Crippen molar-refractivity contribution in [3.8, 4) is 0 Å². The fourth-order valence-electron chi connectivity index (χ4n) is 2.40. The molecule has 0 amide bonds. The summed E-state index contributed by atoms with van der Waals surface area (Å²) in [6.07, 6.45) is -1.27. The van der Waals surface area contributed by atoms with Gasteiger partial charge >= 0.3 is 5.97 Å². The fraction of sp³-hybridized carbons (Fsp3) is 0.917. The number of carbonyl (C=O) groups is 1. The molecule has 5 N–H and O–H groups in total. The summed E-state index contributed by atoms with van der Waals surface area (Å²) in [6, 6.07) is -0.585. The van der Waals surface area contributed by atoms with E-state index in [4.69, 9.17) is 5.11 Å². The van der Waals surface area contributed by atoms with Gasteiger partial charge in [-0.1, -0.05) is 6.42 Å².